The average Bonchev–Trinajstić information content (AvgIpc) is 2.84. The molecule has 1 heterocycles. The van der Waals surface area contributed by atoms with Gasteiger partial charge in [-0.25, -0.2) is 9.78 Å². The first-order valence-corrected chi connectivity index (χ1v) is 7.34. The van der Waals surface area contributed by atoms with Crippen LogP contribution >= 0.6 is 0 Å². The van der Waals surface area contributed by atoms with Crippen LogP contribution in [0, 0.1) is 6.92 Å². The number of ether oxygens (including phenoxy) is 1. The number of carboxylic acids is 1. The molecule has 0 unspecified atom stereocenters. The number of carbonyl (C=O) groups is 1. The number of aryl methyl sites for hydroxylation is 1. The highest BCUT2D eigenvalue weighted by molar-refractivity contribution is 7.92. The molecule has 0 atom stereocenters. The molecule has 2 rings (SSSR count). The van der Waals surface area contributed by atoms with E-state index in [1.54, 1.807) is 13.0 Å². The lowest BCUT2D eigenvalue weighted by Crippen LogP contribution is -2.14. The Kier molecular flexibility index (Phi) is 4.13. The monoisotopic (exact) mass is 311 g/mol. The fourth-order valence-electron chi connectivity index (χ4n) is 1.54. The lowest BCUT2D eigenvalue weighted by molar-refractivity contribution is -0.139. The zero-order valence-corrected chi connectivity index (χ0v) is 11.8. The van der Waals surface area contributed by atoms with Crippen molar-refractivity contribution in [3.63, 3.8) is 0 Å². The van der Waals surface area contributed by atoms with Gasteiger partial charge in [0.15, 0.2) is 11.6 Å². The Labute approximate surface area is 120 Å². The molecular formula is C12H13N3O5S. The number of hydrogen-bond acceptors (Lipinski definition) is 5. The summed E-state index contributed by atoms with van der Waals surface area (Å²) in [7, 11) is -3.78. The fraction of sp³-hybridized carbons (Fsp3) is 0.167. The molecule has 2 aromatic rings. The van der Waals surface area contributed by atoms with Crippen LogP contribution in [-0.2, 0) is 14.8 Å². The van der Waals surface area contributed by atoms with Gasteiger partial charge in [0, 0.05) is 6.07 Å². The van der Waals surface area contributed by atoms with E-state index in [-0.39, 0.29) is 16.5 Å². The third-order valence-electron chi connectivity index (χ3n) is 2.42. The van der Waals surface area contributed by atoms with E-state index in [4.69, 9.17) is 9.84 Å². The van der Waals surface area contributed by atoms with Crippen LogP contribution in [0.25, 0.3) is 0 Å². The molecule has 0 aliphatic rings. The molecule has 9 heteroatoms. The molecule has 3 N–H and O–H groups in total. The predicted octanol–water partition coefficient (Wildman–Crippen LogP) is 0.982. The number of nitrogens with zero attached hydrogens (tertiary/aromatic N) is 1. The van der Waals surface area contributed by atoms with Crippen molar-refractivity contribution >= 4 is 21.7 Å². The van der Waals surface area contributed by atoms with Gasteiger partial charge >= 0.3 is 5.97 Å². The van der Waals surface area contributed by atoms with Crippen LogP contribution in [0.5, 0.6) is 5.75 Å². The summed E-state index contributed by atoms with van der Waals surface area (Å²) >= 11 is 0. The van der Waals surface area contributed by atoms with Gasteiger partial charge in [-0.15, -0.1) is 0 Å². The van der Waals surface area contributed by atoms with Gasteiger partial charge in [0.2, 0.25) is 0 Å². The molecule has 21 heavy (non-hydrogen) atoms. The second-order valence-electron chi connectivity index (χ2n) is 4.15. The fourth-order valence-corrected chi connectivity index (χ4v) is 2.56. The Morgan fingerprint density at radius 1 is 1.48 bits per heavy atom. The lowest BCUT2D eigenvalue weighted by atomic mass is 10.3. The minimum absolute atomic E-state index is 0.0585. The van der Waals surface area contributed by atoms with E-state index < -0.39 is 22.6 Å². The molecule has 0 fully saturated rings. The second-order valence-corrected chi connectivity index (χ2v) is 5.80. The molecule has 0 radical (unpaired) electrons. The molecule has 0 spiro atoms. The van der Waals surface area contributed by atoms with Crippen LogP contribution in [0.2, 0.25) is 0 Å². The molecule has 1 aromatic heterocycles. The van der Waals surface area contributed by atoms with Crippen molar-refractivity contribution in [2.24, 2.45) is 0 Å². The highest BCUT2D eigenvalue weighted by atomic mass is 32.2. The lowest BCUT2D eigenvalue weighted by Gasteiger charge is -2.08. The van der Waals surface area contributed by atoms with Gasteiger partial charge < -0.3 is 14.8 Å². The van der Waals surface area contributed by atoms with Gasteiger partial charge in [-0.2, -0.15) is 8.42 Å². The van der Waals surface area contributed by atoms with E-state index in [1.165, 1.54) is 24.4 Å². The maximum absolute atomic E-state index is 12.1. The van der Waals surface area contributed by atoms with Crippen LogP contribution in [0.3, 0.4) is 0 Å². The third kappa shape index (κ3) is 3.96. The number of sulfonamides is 1. The summed E-state index contributed by atoms with van der Waals surface area (Å²) in [5.74, 6) is -0.388. The Hall–Kier alpha value is -2.55. The molecule has 0 aliphatic carbocycles. The number of aromatic amines is 1. The number of rotatable bonds is 6. The van der Waals surface area contributed by atoms with Crippen LogP contribution in [0.4, 0.5) is 5.69 Å². The summed E-state index contributed by atoms with van der Waals surface area (Å²) in [6, 6.07) is 5.99. The molecular weight excluding hydrogens is 298 g/mol. The van der Waals surface area contributed by atoms with E-state index in [9.17, 15) is 13.2 Å². The van der Waals surface area contributed by atoms with Crippen LogP contribution in [-0.4, -0.2) is 36.1 Å². The highest BCUT2D eigenvalue weighted by Gasteiger charge is 2.16. The first kappa shape index (κ1) is 14.9. The summed E-state index contributed by atoms with van der Waals surface area (Å²) < 4.78 is 31.5. The molecule has 0 saturated heterocycles. The summed E-state index contributed by atoms with van der Waals surface area (Å²) in [5, 5.41) is 8.48. The van der Waals surface area contributed by atoms with E-state index >= 15 is 0 Å². The minimum Gasteiger partial charge on any atom is -0.482 e. The van der Waals surface area contributed by atoms with Crippen LogP contribution in [0.15, 0.2) is 35.5 Å². The van der Waals surface area contributed by atoms with Gasteiger partial charge in [-0.3, -0.25) is 4.72 Å². The van der Waals surface area contributed by atoms with Crippen molar-refractivity contribution < 1.29 is 23.1 Å². The van der Waals surface area contributed by atoms with Gasteiger partial charge in [0.05, 0.1) is 11.9 Å². The third-order valence-corrected chi connectivity index (χ3v) is 3.71. The average molecular weight is 311 g/mol. The van der Waals surface area contributed by atoms with E-state index in [2.05, 4.69) is 14.7 Å². The quantitative estimate of drug-likeness (QED) is 0.731. The molecule has 0 aliphatic heterocycles. The number of aromatic nitrogens is 2. The maximum atomic E-state index is 12.1. The zero-order valence-electron chi connectivity index (χ0n) is 11.0. The second kappa shape index (κ2) is 5.83. The smallest absolute Gasteiger partial charge is 0.341 e. The SMILES string of the molecule is Cc1ncc(S(=O)(=O)Nc2cccc(OCC(=O)O)c2)[nH]1. The topological polar surface area (TPSA) is 121 Å². The number of imidazole rings is 1. The number of hydrogen-bond donors (Lipinski definition) is 3. The standard InChI is InChI=1S/C12H13N3O5S/c1-8-13-6-11(14-8)21(18,19)15-9-3-2-4-10(5-9)20-7-12(16)17/h2-6,15H,7H2,1H3,(H,13,14)(H,16,17). The van der Waals surface area contributed by atoms with Crippen molar-refractivity contribution in [3.05, 3.63) is 36.3 Å². The molecule has 112 valence electrons. The number of aliphatic carboxylic acids is 1. The maximum Gasteiger partial charge on any atom is 0.341 e. The summed E-state index contributed by atoms with van der Waals surface area (Å²) in [6.45, 7) is 1.13. The predicted molar refractivity (Wildman–Crippen MR) is 73.7 cm³/mol. The number of benzene rings is 1. The van der Waals surface area contributed by atoms with Gasteiger partial charge in [-0.05, 0) is 19.1 Å². The van der Waals surface area contributed by atoms with Crippen LogP contribution < -0.4 is 9.46 Å². The summed E-state index contributed by atoms with van der Waals surface area (Å²) in [4.78, 5) is 16.9. The molecule has 0 amide bonds. The Balaban J connectivity index is 2.16. The molecule has 0 bridgehead atoms. The number of carboxylic acid groups (broad SMARTS) is 1. The highest BCUT2D eigenvalue weighted by Crippen LogP contribution is 2.20. The molecule has 8 nitrogen and oxygen atoms in total. The Bertz CT molecular complexity index is 754. The normalized spacial score (nSPS) is 11.1. The van der Waals surface area contributed by atoms with E-state index in [0.29, 0.717) is 5.82 Å². The Morgan fingerprint density at radius 2 is 2.24 bits per heavy atom. The van der Waals surface area contributed by atoms with Gasteiger partial charge in [0.1, 0.15) is 11.6 Å². The molecule has 0 saturated carbocycles. The largest absolute Gasteiger partial charge is 0.482 e. The minimum atomic E-state index is -3.78. The number of anilines is 1. The van der Waals surface area contributed by atoms with Crippen molar-refractivity contribution in [3.8, 4) is 5.75 Å². The first-order chi connectivity index (χ1) is 9.87. The zero-order chi connectivity index (χ0) is 15.5. The Morgan fingerprint density at radius 3 is 2.86 bits per heavy atom. The summed E-state index contributed by atoms with van der Waals surface area (Å²) in [5.41, 5.74) is 0.255. The van der Waals surface area contributed by atoms with E-state index in [1.807, 2.05) is 0 Å². The number of nitrogens with one attached hydrogen (secondary N) is 2. The summed E-state index contributed by atoms with van der Waals surface area (Å²) in [6.07, 6.45) is 1.21. The van der Waals surface area contributed by atoms with Crippen molar-refractivity contribution in [1.29, 1.82) is 0 Å². The first-order valence-electron chi connectivity index (χ1n) is 5.86. The van der Waals surface area contributed by atoms with Crippen molar-refractivity contribution in [2.45, 2.75) is 11.9 Å². The molecule has 1 aromatic carbocycles. The number of H-pyrrole nitrogens is 1. The van der Waals surface area contributed by atoms with Gasteiger partial charge in [0.25, 0.3) is 10.0 Å². The van der Waals surface area contributed by atoms with Crippen LogP contribution in [0.1, 0.15) is 5.82 Å². The van der Waals surface area contributed by atoms with Crippen molar-refractivity contribution in [1.82, 2.24) is 9.97 Å². The van der Waals surface area contributed by atoms with Crippen molar-refractivity contribution in [2.75, 3.05) is 11.3 Å². The van der Waals surface area contributed by atoms with Gasteiger partial charge in [-0.1, -0.05) is 6.07 Å². The van der Waals surface area contributed by atoms with E-state index in [0.717, 1.165) is 0 Å².